The maximum atomic E-state index is 3.45. The van der Waals surface area contributed by atoms with Crippen molar-refractivity contribution in [2.45, 2.75) is 57.9 Å². The fourth-order valence-electron chi connectivity index (χ4n) is 2.28. The van der Waals surface area contributed by atoms with Crippen LogP contribution in [0.15, 0.2) is 0 Å². The van der Waals surface area contributed by atoms with Crippen LogP contribution in [0.5, 0.6) is 0 Å². The first-order valence-corrected chi connectivity index (χ1v) is 6.61. The van der Waals surface area contributed by atoms with Crippen molar-refractivity contribution < 1.29 is 0 Å². The first-order chi connectivity index (χ1) is 7.20. The summed E-state index contributed by atoms with van der Waals surface area (Å²) in [6.07, 6.45) is 8.16. The molecule has 0 unspecified atom stereocenters. The normalized spacial score (nSPS) is 21.8. The van der Waals surface area contributed by atoms with Crippen LogP contribution in [-0.4, -0.2) is 37.1 Å². The van der Waals surface area contributed by atoms with Crippen LogP contribution in [0, 0.1) is 0 Å². The maximum absolute atomic E-state index is 3.45. The quantitative estimate of drug-likeness (QED) is 0.681. The second-order valence-electron chi connectivity index (χ2n) is 5.21. The lowest BCUT2D eigenvalue weighted by molar-refractivity contribution is 0.150. The molecule has 0 bridgehead atoms. The van der Waals surface area contributed by atoms with Crippen molar-refractivity contribution in [2.75, 3.05) is 26.7 Å². The molecular formula is C13H28N2. The Balaban J connectivity index is 2.09. The molecule has 0 amide bonds. The summed E-state index contributed by atoms with van der Waals surface area (Å²) in [5, 5.41) is 3.45. The first kappa shape index (κ1) is 13.0. The Bertz CT molecular complexity index is 160. The molecule has 15 heavy (non-hydrogen) atoms. The van der Waals surface area contributed by atoms with Gasteiger partial charge in [-0.15, -0.1) is 0 Å². The molecule has 0 aromatic rings. The second kappa shape index (κ2) is 6.49. The van der Waals surface area contributed by atoms with Gasteiger partial charge >= 0.3 is 0 Å². The molecular weight excluding hydrogens is 184 g/mol. The predicted molar refractivity (Wildman–Crippen MR) is 67.3 cm³/mol. The molecule has 0 aliphatic carbocycles. The van der Waals surface area contributed by atoms with Gasteiger partial charge in [0.25, 0.3) is 0 Å². The van der Waals surface area contributed by atoms with Gasteiger partial charge in [-0.1, -0.05) is 26.2 Å². The molecule has 1 aliphatic rings. The molecule has 2 heteroatoms. The Hall–Kier alpha value is -0.0800. The highest BCUT2D eigenvalue weighted by Crippen LogP contribution is 2.21. The molecule has 0 saturated carbocycles. The molecule has 0 aromatic carbocycles. The largest absolute Gasteiger partial charge is 0.314 e. The summed E-state index contributed by atoms with van der Waals surface area (Å²) in [5.41, 5.74) is 0.403. The van der Waals surface area contributed by atoms with E-state index in [1.807, 2.05) is 0 Å². The highest BCUT2D eigenvalue weighted by molar-refractivity contribution is 4.87. The van der Waals surface area contributed by atoms with Crippen LogP contribution in [0.2, 0.25) is 0 Å². The molecule has 0 aromatic heterocycles. The van der Waals surface area contributed by atoms with Crippen molar-refractivity contribution in [1.29, 1.82) is 0 Å². The van der Waals surface area contributed by atoms with Gasteiger partial charge in [-0.2, -0.15) is 0 Å². The third-order valence-electron chi connectivity index (χ3n) is 3.89. The maximum Gasteiger partial charge on any atom is 0.0174 e. The summed E-state index contributed by atoms with van der Waals surface area (Å²) in [5.74, 6) is 0. The van der Waals surface area contributed by atoms with Crippen molar-refractivity contribution >= 4 is 0 Å². The minimum absolute atomic E-state index is 0.403. The highest BCUT2D eigenvalue weighted by Gasteiger charge is 2.27. The molecule has 2 nitrogen and oxygen atoms in total. The lowest BCUT2D eigenvalue weighted by atomic mass is 9.90. The minimum atomic E-state index is 0.403. The summed E-state index contributed by atoms with van der Waals surface area (Å²) >= 11 is 0. The number of piperidine rings is 1. The van der Waals surface area contributed by atoms with Crippen molar-refractivity contribution in [3.8, 4) is 0 Å². The van der Waals surface area contributed by atoms with E-state index in [4.69, 9.17) is 0 Å². The van der Waals surface area contributed by atoms with Crippen LogP contribution in [0.1, 0.15) is 52.4 Å². The summed E-state index contributed by atoms with van der Waals surface area (Å²) in [6, 6.07) is 0. The Morgan fingerprint density at radius 1 is 1.13 bits per heavy atom. The van der Waals surface area contributed by atoms with Crippen molar-refractivity contribution in [3.63, 3.8) is 0 Å². The molecule has 1 heterocycles. The molecule has 1 N–H and O–H groups in total. The zero-order valence-electron chi connectivity index (χ0n) is 10.8. The zero-order valence-corrected chi connectivity index (χ0v) is 10.8. The number of hydrogen-bond acceptors (Lipinski definition) is 2. The second-order valence-corrected chi connectivity index (χ2v) is 5.21. The highest BCUT2D eigenvalue weighted by atomic mass is 15.1. The number of unbranched alkanes of at least 4 members (excludes halogenated alkanes) is 3. The Kier molecular flexibility index (Phi) is 5.62. The average Bonchev–Trinajstić information content (AvgIpc) is 2.27. The average molecular weight is 212 g/mol. The van der Waals surface area contributed by atoms with Crippen LogP contribution < -0.4 is 5.32 Å². The van der Waals surface area contributed by atoms with Gasteiger partial charge in [-0.25, -0.2) is 0 Å². The van der Waals surface area contributed by atoms with E-state index in [-0.39, 0.29) is 0 Å². The monoisotopic (exact) mass is 212 g/mol. The van der Waals surface area contributed by atoms with Crippen LogP contribution in [0.3, 0.4) is 0 Å². The molecule has 90 valence electrons. The molecule has 1 saturated heterocycles. The Morgan fingerprint density at radius 3 is 2.33 bits per heavy atom. The number of nitrogens with one attached hydrogen (secondary N) is 1. The van der Waals surface area contributed by atoms with Gasteiger partial charge in [0.15, 0.2) is 0 Å². The third kappa shape index (κ3) is 4.52. The molecule has 0 atom stereocenters. The van der Waals surface area contributed by atoms with E-state index in [1.165, 1.54) is 58.2 Å². The molecule has 0 radical (unpaired) electrons. The van der Waals surface area contributed by atoms with E-state index in [9.17, 15) is 0 Å². The van der Waals surface area contributed by atoms with E-state index in [2.05, 4.69) is 31.1 Å². The smallest absolute Gasteiger partial charge is 0.0174 e. The number of rotatable bonds is 6. The van der Waals surface area contributed by atoms with E-state index in [0.29, 0.717) is 5.54 Å². The van der Waals surface area contributed by atoms with Gasteiger partial charge in [0.2, 0.25) is 0 Å². The fraction of sp³-hybridized carbons (Fsp3) is 1.00. The summed E-state index contributed by atoms with van der Waals surface area (Å²) < 4.78 is 0. The molecule has 1 rings (SSSR count). The standard InChI is InChI=1S/C13H28N2/c1-4-5-6-7-10-15-11-8-13(2,14-3)9-12-15/h14H,4-12H2,1-3H3. The fourth-order valence-corrected chi connectivity index (χ4v) is 2.28. The van der Waals surface area contributed by atoms with Crippen LogP contribution in [0.25, 0.3) is 0 Å². The number of hydrogen-bond donors (Lipinski definition) is 1. The Labute approximate surface area is 95.4 Å². The third-order valence-corrected chi connectivity index (χ3v) is 3.89. The molecule has 1 aliphatic heterocycles. The summed E-state index contributed by atoms with van der Waals surface area (Å²) in [4.78, 5) is 2.63. The van der Waals surface area contributed by atoms with Gasteiger partial charge in [-0.05, 0) is 52.9 Å². The topological polar surface area (TPSA) is 15.3 Å². The van der Waals surface area contributed by atoms with E-state index < -0.39 is 0 Å². The van der Waals surface area contributed by atoms with E-state index in [0.717, 1.165) is 0 Å². The summed E-state index contributed by atoms with van der Waals surface area (Å²) in [6.45, 7) is 8.51. The minimum Gasteiger partial charge on any atom is -0.314 e. The SMILES string of the molecule is CCCCCCN1CCC(C)(NC)CC1. The number of likely N-dealkylation sites (tertiary alicyclic amines) is 1. The van der Waals surface area contributed by atoms with Crippen LogP contribution >= 0.6 is 0 Å². The van der Waals surface area contributed by atoms with Crippen molar-refractivity contribution in [2.24, 2.45) is 0 Å². The van der Waals surface area contributed by atoms with Crippen molar-refractivity contribution in [3.05, 3.63) is 0 Å². The van der Waals surface area contributed by atoms with Crippen LogP contribution in [0.4, 0.5) is 0 Å². The lowest BCUT2D eigenvalue weighted by Gasteiger charge is -2.39. The van der Waals surface area contributed by atoms with Crippen molar-refractivity contribution in [1.82, 2.24) is 10.2 Å². The van der Waals surface area contributed by atoms with E-state index in [1.54, 1.807) is 0 Å². The van der Waals surface area contributed by atoms with Gasteiger partial charge in [0.1, 0.15) is 0 Å². The van der Waals surface area contributed by atoms with Gasteiger partial charge in [0.05, 0.1) is 0 Å². The predicted octanol–water partition coefficient (Wildman–Crippen LogP) is 2.64. The molecule has 1 fully saturated rings. The number of nitrogens with zero attached hydrogens (tertiary/aromatic N) is 1. The van der Waals surface area contributed by atoms with Crippen LogP contribution in [-0.2, 0) is 0 Å². The van der Waals surface area contributed by atoms with Gasteiger partial charge in [0, 0.05) is 5.54 Å². The molecule has 0 spiro atoms. The Morgan fingerprint density at radius 2 is 1.80 bits per heavy atom. The van der Waals surface area contributed by atoms with E-state index >= 15 is 0 Å². The van der Waals surface area contributed by atoms with Gasteiger partial charge in [-0.3, -0.25) is 0 Å². The van der Waals surface area contributed by atoms with Gasteiger partial charge < -0.3 is 10.2 Å². The zero-order chi connectivity index (χ0) is 11.1. The summed E-state index contributed by atoms with van der Waals surface area (Å²) in [7, 11) is 2.09. The lowest BCUT2D eigenvalue weighted by Crippen LogP contribution is -2.50. The first-order valence-electron chi connectivity index (χ1n) is 6.61.